The Hall–Kier alpha value is -1.65. The first-order valence-electron chi connectivity index (χ1n) is 16.4. The van der Waals surface area contributed by atoms with Crippen molar-refractivity contribution in [1.82, 2.24) is 0 Å². The molecule has 0 unspecified atom stereocenters. The highest BCUT2D eigenvalue weighted by Gasteiger charge is 2.71. The van der Waals surface area contributed by atoms with Gasteiger partial charge in [-0.1, -0.05) is 46.8 Å². The fourth-order valence-corrected chi connectivity index (χ4v) is 12.2. The SMILES string of the molecule is C=C(C)[C@@H]1CC[C@]2(C=O)CC[C@]3(C)[C@H](CC[C@@H]4[C@@]5(C)CC[C@H](OC(=O)CC(C)(C)C(=O)O)C(C)(C)[C@@H]5CC[C@]43C)[C@@H]12. The molecule has 0 heterocycles. The lowest BCUT2D eigenvalue weighted by atomic mass is 9.32. The van der Waals surface area contributed by atoms with E-state index < -0.39 is 17.4 Å². The lowest BCUT2D eigenvalue weighted by Crippen LogP contribution is -2.67. The molecule has 5 fully saturated rings. The molecule has 0 aliphatic heterocycles. The Morgan fingerprint density at radius 1 is 0.902 bits per heavy atom. The summed E-state index contributed by atoms with van der Waals surface area (Å²) in [6, 6.07) is 0. The number of hydrogen-bond donors (Lipinski definition) is 1. The van der Waals surface area contributed by atoms with E-state index in [1.807, 2.05) is 0 Å². The summed E-state index contributed by atoms with van der Waals surface area (Å²) in [4.78, 5) is 37.3. The Morgan fingerprint density at radius 3 is 2.20 bits per heavy atom. The molecule has 0 spiro atoms. The molecule has 5 heteroatoms. The van der Waals surface area contributed by atoms with Gasteiger partial charge in [0.25, 0.3) is 0 Å². The van der Waals surface area contributed by atoms with Gasteiger partial charge in [-0.15, -0.1) is 0 Å². The van der Waals surface area contributed by atoms with E-state index in [9.17, 15) is 19.5 Å². The van der Waals surface area contributed by atoms with Crippen LogP contribution in [0.25, 0.3) is 0 Å². The fourth-order valence-electron chi connectivity index (χ4n) is 12.2. The molecular formula is C36H56O5. The van der Waals surface area contributed by atoms with Crippen LogP contribution in [0.2, 0.25) is 0 Å². The number of carboxylic acid groups (broad SMARTS) is 1. The zero-order valence-electron chi connectivity index (χ0n) is 27.1. The number of esters is 1. The Kier molecular flexibility index (Phi) is 7.27. The zero-order valence-corrected chi connectivity index (χ0v) is 27.1. The van der Waals surface area contributed by atoms with Crippen molar-refractivity contribution in [3.63, 3.8) is 0 Å². The average molecular weight is 569 g/mol. The van der Waals surface area contributed by atoms with Crippen molar-refractivity contribution in [1.29, 1.82) is 0 Å². The van der Waals surface area contributed by atoms with Gasteiger partial charge >= 0.3 is 11.9 Å². The fraction of sp³-hybridized carbons (Fsp3) is 0.861. The third-order valence-electron chi connectivity index (χ3n) is 14.7. The summed E-state index contributed by atoms with van der Waals surface area (Å²) in [6.45, 7) is 22.1. The monoisotopic (exact) mass is 568 g/mol. The Morgan fingerprint density at radius 2 is 1.59 bits per heavy atom. The quantitative estimate of drug-likeness (QED) is 0.198. The minimum atomic E-state index is -1.13. The zero-order chi connectivity index (χ0) is 30.4. The summed E-state index contributed by atoms with van der Waals surface area (Å²) in [6.07, 6.45) is 12.0. The molecule has 0 bridgehead atoms. The lowest BCUT2D eigenvalue weighted by Gasteiger charge is -2.72. The number of carbonyl (C=O) groups is 3. The van der Waals surface area contributed by atoms with Crippen molar-refractivity contribution in [2.45, 2.75) is 132 Å². The van der Waals surface area contributed by atoms with Crippen LogP contribution in [0.15, 0.2) is 12.2 Å². The number of aliphatic carboxylic acids is 1. The third-order valence-corrected chi connectivity index (χ3v) is 14.7. The largest absolute Gasteiger partial charge is 0.481 e. The Bertz CT molecular complexity index is 1120. The van der Waals surface area contributed by atoms with Gasteiger partial charge in [-0.05, 0) is 131 Å². The highest BCUT2D eigenvalue weighted by Crippen LogP contribution is 2.77. The number of rotatable bonds is 6. The summed E-state index contributed by atoms with van der Waals surface area (Å²) >= 11 is 0. The first-order chi connectivity index (χ1) is 18.9. The van der Waals surface area contributed by atoms with Gasteiger partial charge in [0, 0.05) is 10.8 Å². The van der Waals surface area contributed by atoms with Crippen molar-refractivity contribution in [2.75, 3.05) is 0 Å². The van der Waals surface area contributed by atoms with E-state index in [1.54, 1.807) is 13.8 Å². The number of carbonyl (C=O) groups excluding carboxylic acids is 2. The van der Waals surface area contributed by atoms with Crippen molar-refractivity contribution < 1.29 is 24.2 Å². The predicted molar refractivity (Wildman–Crippen MR) is 161 cm³/mol. The van der Waals surface area contributed by atoms with E-state index in [0.717, 1.165) is 44.9 Å². The molecule has 5 saturated carbocycles. The van der Waals surface area contributed by atoms with E-state index >= 15 is 0 Å². The van der Waals surface area contributed by atoms with Crippen LogP contribution < -0.4 is 0 Å². The minimum absolute atomic E-state index is 0.105. The summed E-state index contributed by atoms with van der Waals surface area (Å²) in [5, 5.41) is 9.52. The molecule has 10 atom stereocenters. The maximum absolute atomic E-state index is 12.9. The topological polar surface area (TPSA) is 80.7 Å². The van der Waals surface area contributed by atoms with Gasteiger partial charge in [0.05, 0.1) is 11.8 Å². The van der Waals surface area contributed by atoms with Crippen molar-refractivity contribution >= 4 is 18.2 Å². The minimum Gasteiger partial charge on any atom is -0.481 e. The van der Waals surface area contributed by atoms with Crippen LogP contribution in [0, 0.1) is 62.1 Å². The number of allylic oxidation sites excluding steroid dienone is 1. The highest BCUT2D eigenvalue weighted by atomic mass is 16.5. The first kappa shape index (κ1) is 30.8. The molecule has 0 aromatic heterocycles. The highest BCUT2D eigenvalue weighted by molar-refractivity contribution is 5.81. The van der Waals surface area contributed by atoms with Crippen LogP contribution in [0.3, 0.4) is 0 Å². The van der Waals surface area contributed by atoms with Crippen LogP contribution in [-0.2, 0) is 19.1 Å². The number of ether oxygens (including phenoxy) is 1. The summed E-state index contributed by atoms with van der Waals surface area (Å²) in [5.41, 5.74) is 0.388. The van der Waals surface area contributed by atoms with E-state index in [4.69, 9.17) is 4.74 Å². The molecule has 0 radical (unpaired) electrons. The molecule has 0 saturated heterocycles. The van der Waals surface area contributed by atoms with Crippen molar-refractivity contribution in [3.8, 4) is 0 Å². The smallest absolute Gasteiger partial charge is 0.309 e. The molecule has 230 valence electrons. The number of hydrogen-bond acceptors (Lipinski definition) is 4. The third kappa shape index (κ3) is 4.24. The molecule has 41 heavy (non-hydrogen) atoms. The predicted octanol–water partition coefficient (Wildman–Crippen LogP) is 8.26. The number of aldehydes is 1. The summed E-state index contributed by atoms with van der Waals surface area (Å²) in [5.74, 6) is 1.14. The van der Waals surface area contributed by atoms with Gasteiger partial charge < -0.3 is 14.6 Å². The van der Waals surface area contributed by atoms with E-state index in [1.165, 1.54) is 31.1 Å². The second-order valence-electron chi connectivity index (χ2n) is 17.2. The van der Waals surface area contributed by atoms with Gasteiger partial charge in [-0.3, -0.25) is 9.59 Å². The van der Waals surface area contributed by atoms with Crippen LogP contribution in [0.1, 0.15) is 126 Å². The van der Waals surface area contributed by atoms with E-state index in [-0.39, 0.29) is 39.6 Å². The van der Waals surface area contributed by atoms with Crippen molar-refractivity contribution in [3.05, 3.63) is 12.2 Å². The Balaban J connectivity index is 1.41. The normalized spacial score (nSPS) is 46.7. The maximum Gasteiger partial charge on any atom is 0.309 e. The van der Waals surface area contributed by atoms with Crippen LogP contribution >= 0.6 is 0 Å². The lowest BCUT2D eigenvalue weighted by molar-refractivity contribution is -0.248. The summed E-state index contributed by atoms with van der Waals surface area (Å²) in [7, 11) is 0. The number of fused-ring (bicyclic) bond motifs is 7. The molecular weight excluding hydrogens is 512 g/mol. The Labute approximate surface area is 248 Å². The maximum atomic E-state index is 12.9. The van der Waals surface area contributed by atoms with Gasteiger partial charge in [-0.25, -0.2) is 0 Å². The molecule has 0 amide bonds. The van der Waals surface area contributed by atoms with E-state index in [2.05, 4.69) is 48.1 Å². The van der Waals surface area contributed by atoms with Gasteiger partial charge in [-0.2, -0.15) is 0 Å². The van der Waals surface area contributed by atoms with Gasteiger partial charge in [0.15, 0.2) is 0 Å². The van der Waals surface area contributed by atoms with Gasteiger partial charge in [0.1, 0.15) is 12.4 Å². The number of carboxylic acids is 1. The van der Waals surface area contributed by atoms with Crippen LogP contribution in [0.4, 0.5) is 0 Å². The van der Waals surface area contributed by atoms with Crippen LogP contribution in [-0.4, -0.2) is 29.4 Å². The first-order valence-corrected chi connectivity index (χ1v) is 16.4. The molecule has 0 aromatic rings. The van der Waals surface area contributed by atoms with Crippen molar-refractivity contribution in [2.24, 2.45) is 62.1 Å². The molecule has 5 nitrogen and oxygen atoms in total. The molecule has 5 rings (SSSR count). The molecule has 5 aliphatic rings. The van der Waals surface area contributed by atoms with Crippen LogP contribution in [0.5, 0.6) is 0 Å². The second kappa shape index (κ2) is 9.68. The molecule has 5 aliphatic carbocycles. The van der Waals surface area contributed by atoms with E-state index in [0.29, 0.717) is 29.6 Å². The second-order valence-corrected chi connectivity index (χ2v) is 17.2. The molecule has 1 N–H and O–H groups in total. The average Bonchev–Trinajstić information content (AvgIpc) is 3.26. The molecule has 0 aromatic carbocycles. The standard InChI is InChI=1S/C36H56O5/c1-22(2)23-12-17-36(21-37)19-18-34(8)24(29(23)36)10-11-26-33(7)15-14-27(41-28(38)20-31(3,4)30(39)40)32(5,6)25(33)13-16-35(26,34)9/h21,23-27,29H,1,10-20H2,2-9H3,(H,39,40)/t23-,24+,25-,26+,27-,29+,33-,34+,35+,36+/m0/s1. The van der Waals surface area contributed by atoms with Gasteiger partial charge in [0.2, 0.25) is 0 Å². The summed E-state index contributed by atoms with van der Waals surface area (Å²) < 4.78 is 6.11.